The van der Waals surface area contributed by atoms with Gasteiger partial charge in [0.25, 0.3) is 5.91 Å². The molecule has 0 saturated carbocycles. The summed E-state index contributed by atoms with van der Waals surface area (Å²) in [6.07, 6.45) is 0. The van der Waals surface area contributed by atoms with Crippen molar-refractivity contribution in [2.24, 2.45) is 0 Å². The largest absolute Gasteiger partial charge is 0.507 e. The number of aromatic hydroxyl groups is 1. The summed E-state index contributed by atoms with van der Waals surface area (Å²) >= 11 is 1.13. The fraction of sp³-hybridized carbons (Fsp3) is 0.0800. The molecular formula is C25H20FN3O6S2. The van der Waals surface area contributed by atoms with Crippen LogP contribution in [0.25, 0.3) is 11.3 Å². The number of sulfonamides is 1. The molecule has 0 spiro atoms. The van der Waals surface area contributed by atoms with Gasteiger partial charge >= 0.3 is 5.97 Å². The second-order valence-electron chi connectivity index (χ2n) is 7.66. The predicted molar refractivity (Wildman–Crippen MR) is 135 cm³/mol. The Morgan fingerprint density at radius 3 is 2.49 bits per heavy atom. The van der Waals surface area contributed by atoms with Crippen molar-refractivity contribution in [2.45, 2.75) is 11.4 Å². The molecule has 4 rings (SSSR count). The lowest BCUT2D eigenvalue weighted by atomic mass is 10.2. The van der Waals surface area contributed by atoms with E-state index >= 15 is 0 Å². The number of carbonyl (C=O) groups is 2. The van der Waals surface area contributed by atoms with E-state index < -0.39 is 39.8 Å². The summed E-state index contributed by atoms with van der Waals surface area (Å²) in [4.78, 5) is 28.7. The van der Waals surface area contributed by atoms with Gasteiger partial charge in [-0.2, -0.15) is 0 Å². The van der Waals surface area contributed by atoms with Crippen LogP contribution in [0.1, 0.15) is 15.9 Å². The minimum Gasteiger partial charge on any atom is -0.507 e. The van der Waals surface area contributed by atoms with E-state index in [-0.39, 0.29) is 22.4 Å². The predicted octanol–water partition coefficient (Wildman–Crippen LogP) is 3.93. The fourth-order valence-corrected chi connectivity index (χ4v) is 4.93. The van der Waals surface area contributed by atoms with Crippen LogP contribution in [-0.4, -0.2) is 37.0 Å². The zero-order valence-corrected chi connectivity index (χ0v) is 20.7. The first kappa shape index (κ1) is 25.9. The van der Waals surface area contributed by atoms with Gasteiger partial charge in [-0.25, -0.2) is 27.3 Å². The number of hydrogen-bond acceptors (Lipinski definition) is 8. The number of nitrogens with one attached hydrogen (secondary N) is 2. The molecule has 1 amide bonds. The molecule has 0 radical (unpaired) electrons. The number of thiazole rings is 1. The number of amides is 1. The van der Waals surface area contributed by atoms with Crippen LogP contribution < -0.4 is 10.0 Å². The average molecular weight is 542 g/mol. The highest BCUT2D eigenvalue weighted by atomic mass is 32.2. The van der Waals surface area contributed by atoms with Crippen molar-refractivity contribution in [3.05, 3.63) is 95.1 Å². The highest BCUT2D eigenvalue weighted by Crippen LogP contribution is 2.25. The number of phenols is 1. The Bertz CT molecular complexity index is 1520. The molecule has 0 aliphatic heterocycles. The second-order valence-corrected chi connectivity index (χ2v) is 10.3. The Hall–Kier alpha value is -4.13. The van der Waals surface area contributed by atoms with Gasteiger partial charge in [0.15, 0.2) is 11.7 Å². The Kier molecular flexibility index (Phi) is 7.92. The molecule has 0 atom stereocenters. The first-order valence-electron chi connectivity index (χ1n) is 10.8. The number of rotatable bonds is 9. The minimum absolute atomic E-state index is 0.0314. The van der Waals surface area contributed by atoms with Gasteiger partial charge in [0.1, 0.15) is 17.1 Å². The summed E-state index contributed by atoms with van der Waals surface area (Å²) in [6.45, 7) is -0.670. The van der Waals surface area contributed by atoms with E-state index in [1.54, 1.807) is 47.8 Å². The van der Waals surface area contributed by atoms with Crippen LogP contribution in [0.4, 0.5) is 9.52 Å². The number of aromatic nitrogens is 1. The third kappa shape index (κ3) is 6.76. The Morgan fingerprint density at radius 1 is 1.03 bits per heavy atom. The van der Waals surface area contributed by atoms with E-state index in [1.165, 1.54) is 12.1 Å². The molecule has 0 saturated heterocycles. The maximum Gasteiger partial charge on any atom is 0.342 e. The van der Waals surface area contributed by atoms with E-state index in [4.69, 9.17) is 4.74 Å². The summed E-state index contributed by atoms with van der Waals surface area (Å²) in [6, 6.07) is 17.7. The Morgan fingerprint density at radius 2 is 1.76 bits per heavy atom. The highest BCUT2D eigenvalue weighted by molar-refractivity contribution is 7.89. The molecule has 1 aromatic heterocycles. The highest BCUT2D eigenvalue weighted by Gasteiger charge is 2.21. The topological polar surface area (TPSA) is 135 Å². The van der Waals surface area contributed by atoms with Crippen molar-refractivity contribution >= 4 is 38.4 Å². The van der Waals surface area contributed by atoms with Crippen molar-refractivity contribution in [3.8, 4) is 17.0 Å². The van der Waals surface area contributed by atoms with Gasteiger partial charge in [-0.1, -0.05) is 30.3 Å². The number of benzene rings is 3. The second kappa shape index (κ2) is 11.3. The van der Waals surface area contributed by atoms with E-state index in [0.717, 1.165) is 35.1 Å². The number of esters is 1. The molecule has 4 aromatic rings. The SMILES string of the molecule is O=C(COC(=O)c1cc(S(=O)(=O)NCc2ccccc2)ccc1O)Nc1nc(-c2ccc(F)cc2)cs1. The van der Waals surface area contributed by atoms with Gasteiger partial charge in [-0.05, 0) is 48.0 Å². The van der Waals surface area contributed by atoms with Crippen LogP contribution in [0.3, 0.4) is 0 Å². The van der Waals surface area contributed by atoms with Gasteiger partial charge in [0, 0.05) is 17.5 Å². The van der Waals surface area contributed by atoms with Crippen molar-refractivity contribution in [3.63, 3.8) is 0 Å². The van der Waals surface area contributed by atoms with Crippen LogP contribution in [0, 0.1) is 5.82 Å². The Balaban J connectivity index is 1.36. The standard InChI is InChI=1S/C25H20FN3O6S2/c26-18-8-6-17(7-9-18)21-15-36-25(28-21)29-23(31)14-35-24(32)20-12-19(10-11-22(20)30)37(33,34)27-13-16-4-2-1-3-5-16/h1-12,15,27,30H,13-14H2,(H,28,29,31). The molecule has 37 heavy (non-hydrogen) atoms. The molecule has 3 aromatic carbocycles. The lowest BCUT2D eigenvalue weighted by Crippen LogP contribution is -2.24. The fourth-order valence-electron chi connectivity index (χ4n) is 3.15. The summed E-state index contributed by atoms with van der Waals surface area (Å²) in [5.74, 6) is -2.66. The van der Waals surface area contributed by atoms with Crippen LogP contribution >= 0.6 is 11.3 Å². The maximum atomic E-state index is 13.1. The molecular weight excluding hydrogens is 521 g/mol. The zero-order valence-electron chi connectivity index (χ0n) is 19.0. The van der Waals surface area contributed by atoms with E-state index in [9.17, 15) is 27.5 Å². The number of anilines is 1. The normalized spacial score (nSPS) is 11.2. The minimum atomic E-state index is -4.00. The quantitative estimate of drug-likeness (QED) is 0.273. The van der Waals surface area contributed by atoms with Crippen LogP contribution in [0.2, 0.25) is 0 Å². The number of phenolic OH excluding ortho intramolecular Hbond substituents is 1. The average Bonchev–Trinajstić information content (AvgIpc) is 3.35. The zero-order chi connectivity index (χ0) is 26.4. The first-order chi connectivity index (χ1) is 17.7. The molecule has 0 aliphatic carbocycles. The van der Waals surface area contributed by atoms with Crippen LogP contribution in [-0.2, 0) is 26.1 Å². The third-order valence-electron chi connectivity index (χ3n) is 5.03. The van der Waals surface area contributed by atoms with Gasteiger partial charge in [0.05, 0.1) is 10.6 Å². The molecule has 12 heteroatoms. The van der Waals surface area contributed by atoms with Crippen LogP contribution in [0.5, 0.6) is 5.75 Å². The van der Waals surface area contributed by atoms with Crippen molar-refractivity contribution in [2.75, 3.05) is 11.9 Å². The van der Waals surface area contributed by atoms with E-state index in [2.05, 4.69) is 15.0 Å². The number of hydrogen-bond donors (Lipinski definition) is 3. The molecule has 190 valence electrons. The molecule has 0 fully saturated rings. The van der Waals surface area contributed by atoms with E-state index in [1.807, 2.05) is 0 Å². The summed E-state index contributed by atoms with van der Waals surface area (Å²) < 4.78 is 45.8. The number of ether oxygens (including phenoxy) is 1. The summed E-state index contributed by atoms with van der Waals surface area (Å²) in [5.41, 5.74) is 1.51. The number of halogens is 1. The lowest BCUT2D eigenvalue weighted by Gasteiger charge is -2.10. The van der Waals surface area contributed by atoms with Crippen molar-refractivity contribution in [1.29, 1.82) is 0 Å². The summed E-state index contributed by atoms with van der Waals surface area (Å²) in [5, 5.41) is 14.4. The van der Waals surface area contributed by atoms with Crippen molar-refractivity contribution in [1.82, 2.24) is 9.71 Å². The molecule has 0 unspecified atom stereocenters. The molecule has 3 N–H and O–H groups in total. The van der Waals surface area contributed by atoms with E-state index in [0.29, 0.717) is 11.3 Å². The number of carbonyl (C=O) groups excluding carboxylic acids is 2. The smallest absolute Gasteiger partial charge is 0.342 e. The molecule has 9 nitrogen and oxygen atoms in total. The number of nitrogens with zero attached hydrogens (tertiary/aromatic N) is 1. The molecule has 0 bridgehead atoms. The lowest BCUT2D eigenvalue weighted by molar-refractivity contribution is -0.119. The van der Waals surface area contributed by atoms with Gasteiger partial charge in [-0.3, -0.25) is 10.1 Å². The summed E-state index contributed by atoms with van der Waals surface area (Å²) in [7, 11) is -4.00. The van der Waals surface area contributed by atoms with Crippen molar-refractivity contribution < 1.29 is 32.2 Å². The molecule has 1 heterocycles. The maximum absolute atomic E-state index is 13.1. The third-order valence-corrected chi connectivity index (χ3v) is 7.19. The van der Waals surface area contributed by atoms with Gasteiger partial charge in [-0.15, -0.1) is 11.3 Å². The monoisotopic (exact) mass is 541 g/mol. The van der Waals surface area contributed by atoms with Gasteiger partial charge < -0.3 is 9.84 Å². The van der Waals surface area contributed by atoms with Crippen LogP contribution in [0.15, 0.2) is 83.1 Å². The van der Waals surface area contributed by atoms with Gasteiger partial charge in [0.2, 0.25) is 10.0 Å². The first-order valence-corrected chi connectivity index (χ1v) is 13.1. The Labute approximate surface area is 215 Å². The molecule has 0 aliphatic rings.